The molecule has 1 saturated heterocycles. The lowest BCUT2D eigenvalue weighted by Crippen LogP contribution is -2.42. The van der Waals surface area contributed by atoms with Crippen LogP contribution >= 0.6 is 0 Å². The van der Waals surface area contributed by atoms with Crippen LogP contribution in [0.1, 0.15) is 57.4 Å². The van der Waals surface area contributed by atoms with Crippen LogP contribution < -0.4 is 0 Å². The molecular weight excluding hydrogens is 371 g/mol. The molecule has 3 rings (SSSR count). The molecule has 0 saturated carbocycles. The summed E-state index contributed by atoms with van der Waals surface area (Å²) in [5.74, 6) is -1.48. The molecule has 1 aromatic heterocycles. The van der Waals surface area contributed by atoms with E-state index in [0.29, 0.717) is 0 Å². The third kappa shape index (κ3) is 5.17. The van der Waals surface area contributed by atoms with E-state index in [9.17, 15) is 19.1 Å². The molecule has 1 aromatic carbocycles. The van der Waals surface area contributed by atoms with Crippen molar-refractivity contribution in [2.24, 2.45) is 0 Å². The van der Waals surface area contributed by atoms with E-state index in [1.165, 1.54) is 42.6 Å². The van der Waals surface area contributed by atoms with Crippen molar-refractivity contribution in [1.82, 2.24) is 9.47 Å². The number of unbranched alkanes of at least 4 members (excludes halogenated alkanes) is 5. The predicted octanol–water partition coefficient (Wildman–Crippen LogP) is 4.57. The Hall–Kier alpha value is -2.37. The van der Waals surface area contributed by atoms with Gasteiger partial charge in [-0.25, -0.2) is 9.18 Å². The summed E-state index contributed by atoms with van der Waals surface area (Å²) in [6.07, 6.45) is 8.94. The number of halogens is 1. The summed E-state index contributed by atoms with van der Waals surface area (Å²) in [4.78, 5) is 25.3. The molecule has 158 valence electrons. The average Bonchev–Trinajstić information content (AvgIpc) is 3.26. The van der Waals surface area contributed by atoms with Gasteiger partial charge in [0.15, 0.2) is 0 Å². The van der Waals surface area contributed by atoms with Crippen LogP contribution in [0.2, 0.25) is 0 Å². The second kappa shape index (κ2) is 9.90. The fourth-order valence-corrected chi connectivity index (χ4v) is 4.28. The Morgan fingerprint density at radius 1 is 1.14 bits per heavy atom. The van der Waals surface area contributed by atoms with Crippen LogP contribution in [0.15, 0.2) is 30.5 Å². The van der Waals surface area contributed by atoms with Gasteiger partial charge in [-0.05, 0) is 24.5 Å². The van der Waals surface area contributed by atoms with Crippen LogP contribution in [0, 0.1) is 0 Å². The Morgan fingerprint density at radius 3 is 2.62 bits per heavy atom. The molecule has 0 unspecified atom stereocenters. The number of aryl methyl sites for hydroxylation is 1. The van der Waals surface area contributed by atoms with Gasteiger partial charge in [0.2, 0.25) is 5.91 Å². The van der Waals surface area contributed by atoms with E-state index in [1.807, 2.05) is 29.0 Å². The van der Waals surface area contributed by atoms with E-state index in [2.05, 4.69) is 13.0 Å². The van der Waals surface area contributed by atoms with Crippen LogP contribution in [-0.2, 0) is 22.6 Å². The van der Waals surface area contributed by atoms with Crippen molar-refractivity contribution < 1.29 is 19.1 Å². The number of carbonyl (C=O) groups is 2. The Morgan fingerprint density at radius 2 is 1.86 bits per heavy atom. The number of fused-ring (bicyclic) bond motifs is 1. The Kier molecular flexibility index (Phi) is 7.29. The van der Waals surface area contributed by atoms with E-state index >= 15 is 0 Å². The smallest absolute Gasteiger partial charge is 0.326 e. The number of carbonyl (C=O) groups excluding carboxylic acids is 1. The molecule has 1 amide bonds. The van der Waals surface area contributed by atoms with E-state index in [1.54, 1.807) is 0 Å². The molecule has 0 bridgehead atoms. The Bertz CT molecular complexity index is 848. The first-order valence-corrected chi connectivity index (χ1v) is 10.7. The number of carboxylic acids is 1. The normalized spacial score (nSPS) is 19.2. The van der Waals surface area contributed by atoms with E-state index < -0.39 is 18.2 Å². The van der Waals surface area contributed by atoms with Gasteiger partial charge < -0.3 is 14.6 Å². The molecule has 1 aliphatic heterocycles. The van der Waals surface area contributed by atoms with Crippen molar-refractivity contribution >= 4 is 22.8 Å². The van der Waals surface area contributed by atoms with Crippen LogP contribution in [0.5, 0.6) is 0 Å². The molecule has 2 aromatic rings. The molecular formula is C23H31FN2O3. The predicted molar refractivity (Wildman–Crippen MR) is 112 cm³/mol. The number of alkyl halides is 1. The number of hydrogen-bond donors (Lipinski definition) is 1. The summed E-state index contributed by atoms with van der Waals surface area (Å²) in [5.41, 5.74) is 2.17. The van der Waals surface area contributed by atoms with Gasteiger partial charge in [-0.2, -0.15) is 0 Å². The van der Waals surface area contributed by atoms with Gasteiger partial charge in [0, 0.05) is 23.5 Å². The van der Waals surface area contributed by atoms with Gasteiger partial charge in [-0.3, -0.25) is 4.79 Å². The second-order valence-corrected chi connectivity index (χ2v) is 8.05. The monoisotopic (exact) mass is 402 g/mol. The number of nitrogens with zero attached hydrogens (tertiary/aromatic N) is 2. The van der Waals surface area contributed by atoms with Gasteiger partial charge in [0.25, 0.3) is 0 Å². The maximum atomic E-state index is 13.7. The largest absolute Gasteiger partial charge is 0.480 e. The molecule has 29 heavy (non-hydrogen) atoms. The summed E-state index contributed by atoms with van der Waals surface area (Å²) in [5, 5.41) is 10.4. The lowest BCUT2D eigenvalue weighted by molar-refractivity contribution is -0.148. The van der Waals surface area contributed by atoms with Crippen LogP contribution in [0.4, 0.5) is 4.39 Å². The minimum absolute atomic E-state index is 0.0352. The fraction of sp³-hybridized carbons (Fsp3) is 0.565. The Balaban J connectivity index is 1.69. The molecule has 1 aliphatic rings. The van der Waals surface area contributed by atoms with Gasteiger partial charge in [-0.1, -0.05) is 57.2 Å². The standard InChI is InChI=1S/C23H31FN2O3/c1-2-3-4-5-6-7-10-17-14-25(20-12-9-8-11-19(17)20)16-22(27)26-15-18(24)13-21(26)23(28)29/h8-9,11-12,14,18,21H,2-7,10,13,15-16H2,1H3,(H,28,29)/t18-,21+/m1/s1. The summed E-state index contributed by atoms with van der Waals surface area (Å²) in [6.45, 7) is 2.11. The van der Waals surface area contributed by atoms with Gasteiger partial charge >= 0.3 is 5.97 Å². The highest BCUT2D eigenvalue weighted by atomic mass is 19.1. The van der Waals surface area contributed by atoms with Crippen molar-refractivity contribution in [3.8, 4) is 0 Å². The number of amides is 1. The lowest BCUT2D eigenvalue weighted by Gasteiger charge is -2.21. The molecule has 2 heterocycles. The summed E-state index contributed by atoms with van der Waals surface area (Å²) >= 11 is 0. The van der Waals surface area contributed by atoms with Crippen LogP contribution in [0.25, 0.3) is 10.9 Å². The highest BCUT2D eigenvalue weighted by Crippen LogP contribution is 2.25. The van der Waals surface area contributed by atoms with E-state index in [4.69, 9.17) is 0 Å². The lowest BCUT2D eigenvalue weighted by atomic mass is 10.0. The molecule has 1 fully saturated rings. The number of benzene rings is 1. The molecule has 0 radical (unpaired) electrons. The van der Waals surface area contributed by atoms with E-state index in [-0.39, 0.29) is 25.4 Å². The van der Waals surface area contributed by atoms with Gasteiger partial charge in [0.1, 0.15) is 18.8 Å². The van der Waals surface area contributed by atoms with Crippen molar-refractivity contribution in [3.05, 3.63) is 36.0 Å². The minimum atomic E-state index is -1.27. The number of aliphatic carboxylic acids is 1. The van der Waals surface area contributed by atoms with Crippen molar-refractivity contribution in [3.63, 3.8) is 0 Å². The third-order valence-corrected chi connectivity index (χ3v) is 5.83. The minimum Gasteiger partial charge on any atom is -0.480 e. The first-order chi connectivity index (χ1) is 14.0. The zero-order valence-corrected chi connectivity index (χ0v) is 17.1. The fourth-order valence-electron chi connectivity index (χ4n) is 4.28. The molecule has 0 aliphatic carbocycles. The molecule has 2 atom stereocenters. The molecule has 6 heteroatoms. The van der Waals surface area contributed by atoms with Crippen LogP contribution in [0.3, 0.4) is 0 Å². The first kappa shape index (κ1) is 21.3. The Labute approximate surface area is 171 Å². The second-order valence-electron chi connectivity index (χ2n) is 8.05. The molecule has 5 nitrogen and oxygen atoms in total. The van der Waals surface area contributed by atoms with Crippen molar-refractivity contribution in [1.29, 1.82) is 0 Å². The summed E-state index contributed by atoms with van der Waals surface area (Å²) in [7, 11) is 0. The number of rotatable bonds is 10. The maximum Gasteiger partial charge on any atom is 0.326 e. The average molecular weight is 403 g/mol. The third-order valence-electron chi connectivity index (χ3n) is 5.83. The highest BCUT2D eigenvalue weighted by Gasteiger charge is 2.39. The van der Waals surface area contributed by atoms with Crippen molar-refractivity contribution in [2.45, 2.75) is 77.0 Å². The molecule has 1 N–H and O–H groups in total. The van der Waals surface area contributed by atoms with Crippen LogP contribution in [-0.4, -0.2) is 45.2 Å². The van der Waals surface area contributed by atoms with Gasteiger partial charge in [0.05, 0.1) is 6.54 Å². The summed E-state index contributed by atoms with van der Waals surface area (Å²) < 4.78 is 15.6. The molecule has 0 spiro atoms. The zero-order valence-electron chi connectivity index (χ0n) is 17.1. The SMILES string of the molecule is CCCCCCCCc1cn(CC(=O)N2C[C@H](F)C[C@H]2C(=O)O)c2ccccc12. The van der Waals surface area contributed by atoms with Gasteiger partial charge in [-0.15, -0.1) is 0 Å². The van der Waals surface area contributed by atoms with Crippen molar-refractivity contribution in [2.75, 3.05) is 6.54 Å². The number of carboxylic acid groups (broad SMARTS) is 1. The zero-order chi connectivity index (χ0) is 20.8. The number of para-hydroxylation sites is 1. The number of aromatic nitrogens is 1. The number of likely N-dealkylation sites (tertiary alicyclic amines) is 1. The topological polar surface area (TPSA) is 62.5 Å². The summed E-state index contributed by atoms with van der Waals surface area (Å²) in [6, 6.07) is 6.90. The van der Waals surface area contributed by atoms with E-state index in [0.717, 1.165) is 23.7 Å². The highest BCUT2D eigenvalue weighted by molar-refractivity contribution is 5.88. The number of hydrogen-bond acceptors (Lipinski definition) is 2. The quantitative estimate of drug-likeness (QED) is 0.592. The first-order valence-electron chi connectivity index (χ1n) is 10.7. The maximum absolute atomic E-state index is 13.7.